The SMILES string of the molecule is O=C(CCNS(=O)(=O)c1ccccc1Cl)Nc1ccnn1CCc1ccccc1. The van der Waals surface area contributed by atoms with E-state index in [0.29, 0.717) is 12.4 Å². The molecule has 0 saturated carbocycles. The lowest BCUT2D eigenvalue weighted by Gasteiger charge is -2.10. The van der Waals surface area contributed by atoms with E-state index in [4.69, 9.17) is 11.6 Å². The molecule has 0 saturated heterocycles. The first-order valence-electron chi connectivity index (χ1n) is 9.05. The number of aromatic nitrogens is 2. The lowest BCUT2D eigenvalue weighted by atomic mass is 10.1. The van der Waals surface area contributed by atoms with Crippen molar-refractivity contribution >= 4 is 33.3 Å². The van der Waals surface area contributed by atoms with Crippen LogP contribution in [-0.4, -0.2) is 30.7 Å². The van der Waals surface area contributed by atoms with Gasteiger partial charge in [-0.15, -0.1) is 0 Å². The van der Waals surface area contributed by atoms with Gasteiger partial charge in [0, 0.05) is 25.6 Å². The van der Waals surface area contributed by atoms with Gasteiger partial charge < -0.3 is 5.32 Å². The Morgan fingerprint density at radius 2 is 1.76 bits per heavy atom. The first kappa shape index (κ1) is 21.0. The standard InChI is InChI=1S/C20H21ClN4O3S/c21-17-8-4-5-9-18(17)29(27,28)23-14-11-20(26)24-19-10-13-22-25(19)15-12-16-6-2-1-3-7-16/h1-10,13,23H,11-12,14-15H2,(H,24,26). The molecule has 9 heteroatoms. The molecule has 0 spiro atoms. The van der Waals surface area contributed by atoms with E-state index in [1.807, 2.05) is 30.3 Å². The summed E-state index contributed by atoms with van der Waals surface area (Å²) in [7, 11) is -3.78. The molecule has 1 amide bonds. The number of rotatable bonds is 9. The molecular weight excluding hydrogens is 412 g/mol. The number of hydrogen-bond donors (Lipinski definition) is 2. The van der Waals surface area contributed by atoms with Crippen molar-refractivity contribution in [2.24, 2.45) is 0 Å². The third kappa shape index (κ3) is 5.90. The molecule has 0 radical (unpaired) electrons. The Labute approximate surface area is 174 Å². The summed E-state index contributed by atoms with van der Waals surface area (Å²) >= 11 is 5.93. The summed E-state index contributed by atoms with van der Waals surface area (Å²) in [5.41, 5.74) is 1.18. The molecule has 0 unspecified atom stereocenters. The molecule has 3 rings (SSSR count). The number of nitrogens with one attached hydrogen (secondary N) is 2. The molecular formula is C20H21ClN4O3S. The molecule has 2 N–H and O–H groups in total. The Morgan fingerprint density at radius 1 is 1.03 bits per heavy atom. The maximum Gasteiger partial charge on any atom is 0.242 e. The Balaban J connectivity index is 1.50. The number of hydrogen-bond acceptors (Lipinski definition) is 4. The van der Waals surface area contributed by atoms with E-state index >= 15 is 0 Å². The van der Waals surface area contributed by atoms with Crippen LogP contribution in [0.1, 0.15) is 12.0 Å². The van der Waals surface area contributed by atoms with E-state index in [0.717, 1.165) is 6.42 Å². The fourth-order valence-electron chi connectivity index (χ4n) is 2.74. The molecule has 29 heavy (non-hydrogen) atoms. The summed E-state index contributed by atoms with van der Waals surface area (Å²) in [5, 5.41) is 7.13. The van der Waals surface area contributed by atoms with Crippen molar-refractivity contribution in [3.05, 3.63) is 77.4 Å². The van der Waals surface area contributed by atoms with Gasteiger partial charge in [0.05, 0.1) is 11.2 Å². The average molecular weight is 433 g/mol. The van der Waals surface area contributed by atoms with Crippen LogP contribution in [0, 0.1) is 0 Å². The van der Waals surface area contributed by atoms with Gasteiger partial charge in [-0.3, -0.25) is 4.79 Å². The monoisotopic (exact) mass is 432 g/mol. The highest BCUT2D eigenvalue weighted by Crippen LogP contribution is 2.20. The summed E-state index contributed by atoms with van der Waals surface area (Å²) < 4.78 is 28.7. The minimum absolute atomic E-state index is 0.0129. The highest BCUT2D eigenvalue weighted by atomic mass is 35.5. The van der Waals surface area contributed by atoms with Gasteiger partial charge in [0.1, 0.15) is 10.7 Å². The summed E-state index contributed by atoms with van der Waals surface area (Å²) in [5.74, 6) is 0.258. The van der Waals surface area contributed by atoms with Gasteiger partial charge in [-0.1, -0.05) is 54.1 Å². The van der Waals surface area contributed by atoms with Crippen molar-refractivity contribution < 1.29 is 13.2 Å². The number of amides is 1. The second-order valence-electron chi connectivity index (χ2n) is 6.30. The van der Waals surface area contributed by atoms with Gasteiger partial charge in [0.25, 0.3) is 0 Å². The molecule has 0 aliphatic carbocycles. The first-order chi connectivity index (χ1) is 14.0. The second kappa shape index (κ2) is 9.69. The Morgan fingerprint density at radius 3 is 2.52 bits per heavy atom. The minimum atomic E-state index is -3.78. The van der Waals surface area contributed by atoms with Crippen LogP contribution in [0.25, 0.3) is 0 Å². The molecule has 0 bridgehead atoms. The van der Waals surface area contributed by atoms with Gasteiger partial charge >= 0.3 is 0 Å². The van der Waals surface area contributed by atoms with Gasteiger partial charge in [-0.05, 0) is 24.1 Å². The zero-order valence-corrected chi connectivity index (χ0v) is 17.2. The van der Waals surface area contributed by atoms with Crippen molar-refractivity contribution in [2.75, 3.05) is 11.9 Å². The van der Waals surface area contributed by atoms with Crippen molar-refractivity contribution in [2.45, 2.75) is 24.3 Å². The van der Waals surface area contributed by atoms with Crippen LogP contribution < -0.4 is 10.0 Å². The molecule has 0 fully saturated rings. The van der Waals surface area contributed by atoms with Crippen LogP contribution in [0.15, 0.2) is 71.8 Å². The summed E-state index contributed by atoms with van der Waals surface area (Å²) in [4.78, 5) is 12.2. The van der Waals surface area contributed by atoms with Crippen LogP contribution >= 0.6 is 11.6 Å². The lowest BCUT2D eigenvalue weighted by Crippen LogP contribution is -2.28. The quantitative estimate of drug-likeness (QED) is 0.543. The normalized spacial score (nSPS) is 11.3. The Bertz CT molecular complexity index is 1070. The zero-order valence-electron chi connectivity index (χ0n) is 15.6. The number of nitrogens with zero attached hydrogens (tertiary/aromatic N) is 2. The van der Waals surface area contributed by atoms with Gasteiger partial charge in [-0.25, -0.2) is 17.8 Å². The average Bonchev–Trinajstić information content (AvgIpc) is 3.14. The van der Waals surface area contributed by atoms with Crippen LogP contribution in [-0.2, 0) is 27.8 Å². The Hall–Kier alpha value is -2.68. The highest BCUT2D eigenvalue weighted by Gasteiger charge is 2.17. The van der Waals surface area contributed by atoms with Gasteiger partial charge in [-0.2, -0.15) is 5.10 Å². The fourth-order valence-corrected chi connectivity index (χ4v) is 4.29. The molecule has 1 aromatic heterocycles. The molecule has 0 atom stereocenters. The number of benzene rings is 2. The number of aryl methyl sites for hydroxylation is 2. The molecule has 1 heterocycles. The molecule has 2 aromatic carbocycles. The van der Waals surface area contributed by atoms with Crippen molar-refractivity contribution in [3.63, 3.8) is 0 Å². The van der Waals surface area contributed by atoms with E-state index in [2.05, 4.69) is 15.1 Å². The molecule has 7 nitrogen and oxygen atoms in total. The number of carbonyl (C=O) groups is 1. The third-order valence-electron chi connectivity index (χ3n) is 4.21. The maximum atomic E-state index is 12.3. The van der Waals surface area contributed by atoms with E-state index in [9.17, 15) is 13.2 Å². The van der Waals surface area contributed by atoms with E-state index < -0.39 is 10.0 Å². The summed E-state index contributed by atoms with van der Waals surface area (Å²) in [6.45, 7) is 0.573. The van der Waals surface area contributed by atoms with E-state index in [1.54, 1.807) is 29.1 Å². The number of sulfonamides is 1. The second-order valence-corrected chi connectivity index (χ2v) is 8.44. The number of carbonyl (C=O) groups excluding carboxylic acids is 1. The predicted molar refractivity (Wildman–Crippen MR) is 112 cm³/mol. The van der Waals surface area contributed by atoms with Gasteiger partial charge in [0.15, 0.2) is 0 Å². The van der Waals surface area contributed by atoms with Gasteiger partial charge in [0.2, 0.25) is 15.9 Å². The fraction of sp³-hybridized carbons (Fsp3) is 0.200. The van der Waals surface area contributed by atoms with Crippen LogP contribution in [0.3, 0.4) is 0 Å². The third-order valence-corrected chi connectivity index (χ3v) is 6.17. The Kier molecular flexibility index (Phi) is 7.03. The number of halogens is 1. The molecule has 3 aromatic rings. The minimum Gasteiger partial charge on any atom is -0.311 e. The largest absolute Gasteiger partial charge is 0.311 e. The van der Waals surface area contributed by atoms with E-state index in [1.165, 1.54) is 17.7 Å². The first-order valence-corrected chi connectivity index (χ1v) is 10.9. The maximum absolute atomic E-state index is 12.3. The molecule has 0 aliphatic rings. The van der Waals surface area contributed by atoms with Crippen molar-refractivity contribution in [1.82, 2.24) is 14.5 Å². The highest BCUT2D eigenvalue weighted by molar-refractivity contribution is 7.89. The van der Waals surface area contributed by atoms with Crippen molar-refractivity contribution in [1.29, 1.82) is 0 Å². The van der Waals surface area contributed by atoms with Crippen LogP contribution in [0.5, 0.6) is 0 Å². The lowest BCUT2D eigenvalue weighted by molar-refractivity contribution is -0.116. The summed E-state index contributed by atoms with van der Waals surface area (Å²) in [6.07, 6.45) is 2.37. The molecule has 0 aliphatic heterocycles. The predicted octanol–water partition coefficient (Wildman–Crippen LogP) is 3.09. The molecule has 152 valence electrons. The smallest absolute Gasteiger partial charge is 0.242 e. The van der Waals surface area contributed by atoms with E-state index in [-0.39, 0.29) is 28.8 Å². The van der Waals surface area contributed by atoms with Crippen LogP contribution in [0.2, 0.25) is 5.02 Å². The zero-order chi connectivity index (χ0) is 20.7. The van der Waals surface area contributed by atoms with Crippen LogP contribution in [0.4, 0.5) is 5.82 Å². The number of anilines is 1. The van der Waals surface area contributed by atoms with Crippen molar-refractivity contribution in [3.8, 4) is 0 Å². The summed E-state index contributed by atoms with van der Waals surface area (Å²) in [6, 6.07) is 17.8. The topological polar surface area (TPSA) is 93.1 Å².